The van der Waals surface area contributed by atoms with E-state index in [1.54, 1.807) is 0 Å². The Morgan fingerprint density at radius 2 is 2.06 bits per heavy atom. The van der Waals surface area contributed by atoms with E-state index in [0.717, 1.165) is 12.8 Å². The summed E-state index contributed by atoms with van der Waals surface area (Å²) in [5.74, 6) is 0. The molecule has 1 aliphatic rings. The van der Waals surface area contributed by atoms with Crippen molar-refractivity contribution in [3.05, 3.63) is 32.8 Å². The van der Waals surface area contributed by atoms with Gasteiger partial charge >= 0.3 is 0 Å². The molecule has 0 amide bonds. The highest BCUT2D eigenvalue weighted by molar-refractivity contribution is 9.10. The lowest BCUT2D eigenvalue weighted by molar-refractivity contribution is -0.387. The molecule has 1 fully saturated rings. The summed E-state index contributed by atoms with van der Waals surface area (Å²) in [5.41, 5.74) is -0.415. The molecule has 0 atom stereocenters. The van der Waals surface area contributed by atoms with E-state index in [1.807, 2.05) is 0 Å². The van der Waals surface area contributed by atoms with Gasteiger partial charge in [-0.15, -0.1) is 0 Å². The van der Waals surface area contributed by atoms with Crippen LogP contribution in [0, 0.1) is 10.1 Å². The zero-order chi connectivity index (χ0) is 12.6. The number of rotatable bonds is 4. The third-order valence-electron chi connectivity index (χ3n) is 2.31. The van der Waals surface area contributed by atoms with E-state index >= 15 is 0 Å². The Hall–Kier alpha value is -0.990. The molecule has 0 aromatic heterocycles. The molecule has 0 heterocycles. The van der Waals surface area contributed by atoms with Gasteiger partial charge in [0.1, 0.15) is 0 Å². The maximum atomic E-state index is 11.9. The molecule has 0 aliphatic heterocycles. The van der Waals surface area contributed by atoms with Gasteiger partial charge in [0, 0.05) is 16.6 Å². The van der Waals surface area contributed by atoms with Crippen molar-refractivity contribution in [2.75, 3.05) is 0 Å². The van der Waals surface area contributed by atoms with Crippen LogP contribution in [0.4, 0.5) is 5.69 Å². The predicted octanol–water partition coefficient (Wildman–Crippen LogP) is 1.80. The van der Waals surface area contributed by atoms with Crippen LogP contribution in [0.1, 0.15) is 12.8 Å². The Kier molecular flexibility index (Phi) is 3.19. The zero-order valence-electron chi connectivity index (χ0n) is 8.59. The molecule has 0 bridgehead atoms. The van der Waals surface area contributed by atoms with E-state index in [4.69, 9.17) is 0 Å². The Morgan fingerprint density at radius 3 is 2.59 bits per heavy atom. The van der Waals surface area contributed by atoms with Crippen LogP contribution in [0.25, 0.3) is 0 Å². The van der Waals surface area contributed by atoms with Gasteiger partial charge in [-0.25, -0.2) is 13.1 Å². The third-order valence-corrected chi connectivity index (χ3v) is 4.35. The molecular formula is C9H9BrN2O4S. The number of nitrogens with one attached hydrogen (secondary N) is 1. The van der Waals surface area contributed by atoms with E-state index in [1.165, 1.54) is 18.2 Å². The van der Waals surface area contributed by atoms with Gasteiger partial charge in [0.15, 0.2) is 4.90 Å². The SMILES string of the molecule is O=[N+]([O-])c1ccc(Br)cc1S(=O)(=O)NC1CC1. The monoisotopic (exact) mass is 320 g/mol. The summed E-state index contributed by atoms with van der Waals surface area (Å²) in [7, 11) is -3.82. The Bertz CT molecular complexity index is 568. The molecule has 92 valence electrons. The molecule has 1 N–H and O–H groups in total. The number of nitro groups is 1. The van der Waals surface area contributed by atoms with E-state index in [9.17, 15) is 18.5 Å². The fraction of sp³-hybridized carbons (Fsp3) is 0.333. The van der Waals surface area contributed by atoms with Crippen LogP contribution in [-0.4, -0.2) is 19.4 Å². The number of hydrogen-bond donors (Lipinski definition) is 1. The quantitative estimate of drug-likeness (QED) is 0.676. The van der Waals surface area contributed by atoms with Gasteiger partial charge in [0.25, 0.3) is 5.69 Å². The largest absolute Gasteiger partial charge is 0.289 e. The molecule has 1 aromatic carbocycles. The minimum atomic E-state index is -3.82. The number of hydrogen-bond acceptors (Lipinski definition) is 4. The fourth-order valence-corrected chi connectivity index (χ4v) is 3.35. The summed E-state index contributed by atoms with van der Waals surface area (Å²) >= 11 is 3.10. The van der Waals surface area contributed by atoms with Crippen molar-refractivity contribution in [2.24, 2.45) is 0 Å². The average Bonchev–Trinajstić information content (AvgIpc) is 3.00. The molecule has 6 nitrogen and oxygen atoms in total. The summed E-state index contributed by atoms with van der Waals surface area (Å²) in [5, 5.41) is 10.8. The minimum absolute atomic E-state index is 0.0846. The summed E-state index contributed by atoms with van der Waals surface area (Å²) in [6.45, 7) is 0. The van der Waals surface area contributed by atoms with Gasteiger partial charge in [-0.3, -0.25) is 10.1 Å². The first kappa shape index (κ1) is 12.5. The second kappa shape index (κ2) is 4.35. The minimum Gasteiger partial charge on any atom is -0.258 e. The fourth-order valence-electron chi connectivity index (χ4n) is 1.34. The predicted molar refractivity (Wildman–Crippen MR) is 64.1 cm³/mol. The lowest BCUT2D eigenvalue weighted by atomic mass is 10.3. The van der Waals surface area contributed by atoms with Crippen LogP contribution in [0.15, 0.2) is 27.6 Å². The molecule has 17 heavy (non-hydrogen) atoms. The second-order valence-electron chi connectivity index (χ2n) is 3.76. The van der Waals surface area contributed by atoms with Crippen molar-refractivity contribution < 1.29 is 13.3 Å². The van der Waals surface area contributed by atoms with Gasteiger partial charge in [0.05, 0.1) is 4.92 Å². The smallest absolute Gasteiger partial charge is 0.258 e. The molecule has 8 heteroatoms. The van der Waals surface area contributed by atoms with E-state index in [0.29, 0.717) is 4.47 Å². The first-order chi connectivity index (χ1) is 7.90. The molecular weight excluding hydrogens is 312 g/mol. The highest BCUT2D eigenvalue weighted by atomic mass is 79.9. The van der Waals surface area contributed by atoms with Crippen molar-refractivity contribution in [1.29, 1.82) is 0 Å². The third kappa shape index (κ3) is 2.82. The summed E-state index contributed by atoms with van der Waals surface area (Å²) in [6, 6.07) is 3.77. The Labute approximate surface area is 106 Å². The summed E-state index contributed by atoms with van der Waals surface area (Å²) < 4.78 is 26.7. The zero-order valence-corrected chi connectivity index (χ0v) is 11.0. The van der Waals surface area contributed by atoms with Crippen molar-refractivity contribution in [3.8, 4) is 0 Å². The molecule has 0 unspecified atom stereocenters. The van der Waals surface area contributed by atoms with Crippen molar-refractivity contribution in [1.82, 2.24) is 4.72 Å². The van der Waals surface area contributed by atoms with E-state index in [-0.39, 0.29) is 10.9 Å². The van der Waals surface area contributed by atoms with Crippen LogP contribution in [-0.2, 0) is 10.0 Å². The molecule has 2 rings (SSSR count). The molecule has 1 saturated carbocycles. The van der Waals surface area contributed by atoms with Gasteiger partial charge in [0.2, 0.25) is 10.0 Å². The lowest BCUT2D eigenvalue weighted by Crippen LogP contribution is -2.26. The Morgan fingerprint density at radius 1 is 1.41 bits per heavy atom. The first-order valence-corrected chi connectivity index (χ1v) is 7.14. The maximum absolute atomic E-state index is 11.9. The van der Waals surface area contributed by atoms with Crippen LogP contribution in [0.5, 0.6) is 0 Å². The normalized spacial score (nSPS) is 15.8. The van der Waals surface area contributed by atoms with Gasteiger partial charge < -0.3 is 0 Å². The van der Waals surface area contributed by atoms with Crippen molar-refractivity contribution >= 4 is 31.6 Å². The van der Waals surface area contributed by atoms with Crippen LogP contribution in [0.2, 0.25) is 0 Å². The second-order valence-corrected chi connectivity index (χ2v) is 6.36. The van der Waals surface area contributed by atoms with Crippen molar-refractivity contribution in [3.63, 3.8) is 0 Å². The van der Waals surface area contributed by atoms with Crippen LogP contribution < -0.4 is 4.72 Å². The maximum Gasteiger partial charge on any atom is 0.289 e. The number of nitrogens with zero attached hydrogens (tertiary/aromatic N) is 1. The van der Waals surface area contributed by atoms with E-state index < -0.39 is 20.6 Å². The lowest BCUT2D eigenvalue weighted by Gasteiger charge is -2.06. The number of benzene rings is 1. The molecule has 0 spiro atoms. The number of nitro benzene ring substituents is 1. The van der Waals surface area contributed by atoms with Crippen molar-refractivity contribution in [2.45, 2.75) is 23.8 Å². The summed E-state index contributed by atoms with van der Waals surface area (Å²) in [4.78, 5) is 9.78. The highest BCUT2D eigenvalue weighted by Crippen LogP contribution is 2.29. The highest BCUT2D eigenvalue weighted by Gasteiger charge is 2.32. The van der Waals surface area contributed by atoms with Gasteiger partial charge in [-0.2, -0.15) is 0 Å². The molecule has 0 saturated heterocycles. The van der Waals surface area contributed by atoms with Crippen LogP contribution >= 0.6 is 15.9 Å². The molecule has 0 radical (unpaired) electrons. The summed E-state index contributed by atoms with van der Waals surface area (Å²) in [6.07, 6.45) is 1.56. The molecule has 1 aromatic rings. The van der Waals surface area contributed by atoms with Gasteiger partial charge in [-0.05, 0) is 25.0 Å². The topological polar surface area (TPSA) is 89.3 Å². The van der Waals surface area contributed by atoms with Gasteiger partial charge in [-0.1, -0.05) is 15.9 Å². The average molecular weight is 321 g/mol. The van der Waals surface area contributed by atoms with E-state index in [2.05, 4.69) is 20.7 Å². The molecule has 1 aliphatic carbocycles. The van der Waals surface area contributed by atoms with Crippen LogP contribution in [0.3, 0.4) is 0 Å². The number of halogens is 1. The Balaban J connectivity index is 2.48. The first-order valence-electron chi connectivity index (χ1n) is 4.86. The number of sulfonamides is 1. The standard InChI is InChI=1S/C9H9BrN2O4S/c10-6-1-4-8(12(13)14)9(5-6)17(15,16)11-7-2-3-7/h1,4-5,7,11H,2-3H2.